The molecule has 0 N–H and O–H groups in total. The van der Waals surface area contributed by atoms with Crippen LogP contribution in [-0.4, -0.2) is 6.04 Å². The van der Waals surface area contributed by atoms with Gasteiger partial charge in [-0.15, -0.1) is 0 Å². The standard InChI is InChI=1S/C52H39NO/c1-5-15-36(16-6-1)42-32-43(37-17-7-2-8-18-37)35-46(34-42)53(44-21-11-4-12-22-44)45-30-29-38-27-28-40(31-41(38)33-45)48-24-14-26-50-49-25-13-23-47(51(49)54-52(48)50)39-19-9-3-10-20-39/h1-11,13-21,23-34,46H,12,22,35H2. The molecule has 0 amide bonds. The van der Waals surface area contributed by atoms with Crippen molar-refractivity contribution in [3.8, 4) is 22.3 Å². The predicted molar refractivity (Wildman–Crippen MR) is 228 cm³/mol. The smallest absolute Gasteiger partial charge is 0.143 e. The van der Waals surface area contributed by atoms with E-state index >= 15 is 0 Å². The van der Waals surface area contributed by atoms with E-state index in [9.17, 15) is 0 Å². The molecule has 1 atom stereocenters. The molecule has 2 heteroatoms. The van der Waals surface area contributed by atoms with Gasteiger partial charge in [0.25, 0.3) is 0 Å². The van der Waals surface area contributed by atoms with Gasteiger partial charge >= 0.3 is 0 Å². The van der Waals surface area contributed by atoms with Crippen LogP contribution in [0, 0.1) is 0 Å². The first kappa shape index (κ1) is 32.0. The maximum atomic E-state index is 6.82. The minimum Gasteiger partial charge on any atom is -0.455 e. The Kier molecular flexibility index (Phi) is 8.15. The van der Waals surface area contributed by atoms with Crippen molar-refractivity contribution in [1.82, 2.24) is 0 Å². The Morgan fingerprint density at radius 2 is 1.19 bits per heavy atom. The van der Waals surface area contributed by atoms with Crippen molar-refractivity contribution in [2.24, 2.45) is 0 Å². The van der Waals surface area contributed by atoms with Gasteiger partial charge in [-0.3, -0.25) is 0 Å². The lowest BCUT2D eigenvalue weighted by atomic mass is 9.86. The molecule has 1 aromatic heterocycles. The number of allylic oxidation sites excluding steroid dienone is 6. The molecule has 0 saturated carbocycles. The highest BCUT2D eigenvalue weighted by atomic mass is 16.3. The number of benzene rings is 7. The Bertz CT molecular complexity index is 2780. The zero-order valence-corrected chi connectivity index (χ0v) is 30.0. The summed E-state index contributed by atoms with van der Waals surface area (Å²) in [6.45, 7) is 0. The number of anilines is 1. The van der Waals surface area contributed by atoms with E-state index in [1.54, 1.807) is 0 Å². The molecule has 0 fully saturated rings. The fraction of sp³-hybridized carbons (Fsp3) is 0.0769. The zero-order valence-electron chi connectivity index (χ0n) is 30.0. The molecule has 8 aromatic rings. The highest BCUT2D eigenvalue weighted by Crippen LogP contribution is 2.42. The Labute approximate surface area is 316 Å². The summed E-state index contributed by atoms with van der Waals surface area (Å²) >= 11 is 0. The first-order valence-electron chi connectivity index (χ1n) is 19.0. The molecule has 54 heavy (non-hydrogen) atoms. The summed E-state index contributed by atoms with van der Waals surface area (Å²) in [5.74, 6) is 0. The molecule has 2 nitrogen and oxygen atoms in total. The number of hydrogen-bond acceptors (Lipinski definition) is 2. The lowest BCUT2D eigenvalue weighted by Crippen LogP contribution is -2.35. The van der Waals surface area contributed by atoms with Gasteiger partial charge in [-0.2, -0.15) is 0 Å². The van der Waals surface area contributed by atoms with E-state index in [0.717, 1.165) is 63.5 Å². The molecule has 1 heterocycles. The molecule has 0 aliphatic heterocycles. The molecule has 0 saturated heterocycles. The van der Waals surface area contributed by atoms with Gasteiger partial charge in [0.1, 0.15) is 11.2 Å². The van der Waals surface area contributed by atoms with Gasteiger partial charge in [0.15, 0.2) is 0 Å². The van der Waals surface area contributed by atoms with Gasteiger partial charge in [-0.1, -0.05) is 170 Å². The van der Waals surface area contributed by atoms with Gasteiger partial charge in [0.2, 0.25) is 0 Å². The third kappa shape index (κ3) is 5.87. The molecule has 1 unspecified atom stereocenters. The van der Waals surface area contributed by atoms with Crippen molar-refractivity contribution in [2.75, 3.05) is 4.90 Å². The number of fused-ring (bicyclic) bond motifs is 4. The third-order valence-electron chi connectivity index (χ3n) is 11.0. The van der Waals surface area contributed by atoms with Gasteiger partial charge in [0, 0.05) is 33.3 Å². The topological polar surface area (TPSA) is 16.4 Å². The van der Waals surface area contributed by atoms with Crippen LogP contribution in [-0.2, 0) is 0 Å². The number of hydrogen-bond donors (Lipinski definition) is 0. The summed E-state index contributed by atoms with van der Waals surface area (Å²) in [5, 5.41) is 4.71. The highest BCUT2D eigenvalue weighted by molar-refractivity contribution is 6.13. The summed E-state index contributed by atoms with van der Waals surface area (Å²) in [5.41, 5.74) is 14.1. The SMILES string of the molecule is C1=CCCC(N(c2ccc3ccc(-c4cccc5c4oc4c(-c6ccccc6)cccc45)cc3c2)C2C=C(c3ccccc3)C=C(c3ccccc3)C2)=C1. The molecule has 0 bridgehead atoms. The molecule has 0 spiro atoms. The maximum Gasteiger partial charge on any atom is 0.143 e. The molecule has 2 aliphatic carbocycles. The van der Waals surface area contributed by atoms with Crippen molar-refractivity contribution in [1.29, 1.82) is 0 Å². The van der Waals surface area contributed by atoms with Crippen LogP contribution < -0.4 is 4.90 Å². The van der Waals surface area contributed by atoms with E-state index in [0.29, 0.717) is 0 Å². The Balaban J connectivity index is 1.09. The van der Waals surface area contributed by atoms with Gasteiger partial charge in [-0.05, 0) is 87.7 Å². The van der Waals surface area contributed by atoms with Gasteiger partial charge < -0.3 is 9.32 Å². The second-order valence-corrected chi connectivity index (χ2v) is 14.4. The lowest BCUT2D eigenvalue weighted by molar-refractivity contribution is 0.671. The lowest BCUT2D eigenvalue weighted by Gasteiger charge is -2.37. The number of para-hydroxylation sites is 2. The quantitative estimate of drug-likeness (QED) is 0.165. The molecule has 2 aliphatic rings. The number of rotatable bonds is 7. The molecule has 0 radical (unpaired) electrons. The first-order valence-corrected chi connectivity index (χ1v) is 19.0. The van der Waals surface area contributed by atoms with Crippen molar-refractivity contribution in [3.63, 3.8) is 0 Å². The van der Waals surface area contributed by atoms with Crippen molar-refractivity contribution in [2.45, 2.75) is 25.3 Å². The van der Waals surface area contributed by atoms with Crippen molar-refractivity contribution < 1.29 is 4.42 Å². The molecule has 258 valence electrons. The van der Waals surface area contributed by atoms with Gasteiger partial charge in [0.05, 0.1) is 6.04 Å². The van der Waals surface area contributed by atoms with Crippen LogP contribution in [0.5, 0.6) is 0 Å². The zero-order chi connectivity index (χ0) is 35.8. The van der Waals surface area contributed by atoms with E-state index in [1.165, 1.54) is 44.4 Å². The summed E-state index contributed by atoms with van der Waals surface area (Å²) in [6, 6.07) is 59.2. The largest absolute Gasteiger partial charge is 0.455 e. The maximum absolute atomic E-state index is 6.82. The Morgan fingerprint density at radius 3 is 1.87 bits per heavy atom. The number of nitrogens with zero attached hydrogens (tertiary/aromatic N) is 1. The van der Waals surface area contributed by atoms with Crippen molar-refractivity contribution >= 4 is 49.5 Å². The Morgan fingerprint density at radius 1 is 0.537 bits per heavy atom. The minimum atomic E-state index is 0.141. The molecular formula is C52H39NO. The van der Waals surface area contributed by atoms with Crippen LogP contribution in [0.15, 0.2) is 204 Å². The van der Waals surface area contributed by atoms with Crippen LogP contribution in [0.25, 0.3) is 66.1 Å². The van der Waals surface area contributed by atoms with Crippen molar-refractivity contribution in [3.05, 3.63) is 211 Å². The molecule has 7 aromatic carbocycles. The van der Waals surface area contributed by atoms with Crippen LogP contribution >= 0.6 is 0 Å². The second-order valence-electron chi connectivity index (χ2n) is 14.4. The molecule has 10 rings (SSSR count). The summed E-state index contributed by atoms with van der Waals surface area (Å²) < 4.78 is 6.82. The summed E-state index contributed by atoms with van der Waals surface area (Å²) in [4.78, 5) is 2.60. The van der Waals surface area contributed by atoms with E-state index in [2.05, 4.69) is 199 Å². The number of furan rings is 1. The van der Waals surface area contributed by atoms with Gasteiger partial charge in [-0.25, -0.2) is 0 Å². The van der Waals surface area contributed by atoms with E-state index in [4.69, 9.17) is 4.42 Å². The Hall–Kier alpha value is -6.64. The fourth-order valence-electron chi connectivity index (χ4n) is 8.42. The molecular weight excluding hydrogens is 655 g/mol. The average molecular weight is 694 g/mol. The summed E-state index contributed by atoms with van der Waals surface area (Å²) in [6.07, 6.45) is 14.6. The van der Waals surface area contributed by atoms with E-state index in [-0.39, 0.29) is 6.04 Å². The summed E-state index contributed by atoms with van der Waals surface area (Å²) in [7, 11) is 0. The second kappa shape index (κ2) is 13.7. The van der Waals surface area contributed by atoms with E-state index < -0.39 is 0 Å². The fourth-order valence-corrected chi connectivity index (χ4v) is 8.42. The van der Waals surface area contributed by atoms with Crippen LogP contribution in [0.4, 0.5) is 5.69 Å². The predicted octanol–water partition coefficient (Wildman–Crippen LogP) is 14.1. The minimum absolute atomic E-state index is 0.141. The van der Waals surface area contributed by atoms with Crippen LogP contribution in [0.1, 0.15) is 30.4 Å². The van der Waals surface area contributed by atoms with E-state index in [1.807, 2.05) is 0 Å². The van der Waals surface area contributed by atoms with Crippen LogP contribution in [0.2, 0.25) is 0 Å². The van der Waals surface area contributed by atoms with Crippen LogP contribution in [0.3, 0.4) is 0 Å². The average Bonchev–Trinajstić information content (AvgIpc) is 3.64. The first-order chi connectivity index (χ1) is 26.8. The normalized spacial score (nSPS) is 15.6. The third-order valence-corrected chi connectivity index (χ3v) is 11.0. The monoisotopic (exact) mass is 693 g/mol. The highest BCUT2D eigenvalue weighted by Gasteiger charge is 2.27.